The number of amides is 1. The summed E-state index contributed by atoms with van der Waals surface area (Å²) < 4.78 is 0. The van der Waals surface area contributed by atoms with E-state index in [0.717, 1.165) is 23.4 Å². The largest absolute Gasteiger partial charge is 0.508 e. The normalized spacial score (nSPS) is 15.3. The number of hydrogen-bond donors (Lipinski definition) is 2. The topological polar surface area (TPSA) is 64.9 Å². The molecule has 0 aliphatic carbocycles. The number of phenols is 1. The number of carbonyl (C=O) groups is 1. The van der Waals surface area contributed by atoms with E-state index in [1.165, 1.54) is 23.9 Å². The predicted molar refractivity (Wildman–Crippen MR) is 115 cm³/mol. The van der Waals surface area contributed by atoms with E-state index in [4.69, 9.17) is 11.6 Å². The average Bonchev–Trinajstić information content (AvgIpc) is 2.62. The number of hydrazone groups is 1. The maximum Gasteiger partial charge on any atom is 0.271 e. The van der Waals surface area contributed by atoms with Crippen LogP contribution in [0.15, 0.2) is 47.6 Å². The Hall–Kier alpha value is -2.79. The standard InChI is InChI=1S/C22H24ClN3O2/c1-5-26-20-11-19(23)16(10-18(20)14(2)12-22(26,3)4)13-24-25-21(28)15-7-6-8-17(27)9-15/h6-13,27H,5H2,1-4H3,(H,25,28)/b24-13+. The number of rotatable bonds is 4. The number of fused-ring (bicyclic) bond motifs is 1. The van der Waals surface area contributed by atoms with E-state index in [2.05, 4.69) is 49.2 Å². The molecule has 2 N–H and O–H groups in total. The maximum absolute atomic E-state index is 12.1. The number of phenolic OH excluding ortho intramolecular Hbond substituents is 1. The van der Waals surface area contributed by atoms with Crippen molar-refractivity contribution in [3.63, 3.8) is 0 Å². The van der Waals surface area contributed by atoms with Gasteiger partial charge in [-0.1, -0.05) is 23.7 Å². The van der Waals surface area contributed by atoms with Gasteiger partial charge in [-0.05, 0) is 63.6 Å². The van der Waals surface area contributed by atoms with Gasteiger partial charge in [0.1, 0.15) is 5.75 Å². The summed E-state index contributed by atoms with van der Waals surface area (Å²) in [5.41, 5.74) is 6.81. The molecule has 0 saturated carbocycles. The Morgan fingerprint density at radius 3 is 2.75 bits per heavy atom. The summed E-state index contributed by atoms with van der Waals surface area (Å²) in [7, 11) is 0. The van der Waals surface area contributed by atoms with Gasteiger partial charge in [0.15, 0.2) is 0 Å². The van der Waals surface area contributed by atoms with Crippen LogP contribution in [0.1, 0.15) is 49.2 Å². The number of nitrogens with one attached hydrogen (secondary N) is 1. The van der Waals surface area contributed by atoms with E-state index >= 15 is 0 Å². The van der Waals surface area contributed by atoms with Crippen LogP contribution in [0.2, 0.25) is 5.02 Å². The molecule has 146 valence electrons. The van der Waals surface area contributed by atoms with Crippen LogP contribution in [-0.2, 0) is 0 Å². The van der Waals surface area contributed by atoms with Crippen molar-refractivity contribution in [3.05, 3.63) is 64.2 Å². The minimum atomic E-state index is -0.406. The molecular formula is C22H24ClN3O2. The third kappa shape index (κ3) is 3.90. The van der Waals surface area contributed by atoms with E-state index < -0.39 is 5.91 Å². The minimum absolute atomic E-state index is 0.0278. The van der Waals surface area contributed by atoms with E-state index in [1.807, 2.05) is 12.1 Å². The van der Waals surface area contributed by atoms with Gasteiger partial charge in [-0.3, -0.25) is 4.79 Å². The van der Waals surface area contributed by atoms with Gasteiger partial charge in [0.2, 0.25) is 0 Å². The highest BCUT2D eigenvalue weighted by Crippen LogP contribution is 2.40. The number of likely N-dealkylation sites (N-methyl/N-ethyl adjacent to an activating group) is 1. The van der Waals surface area contributed by atoms with E-state index in [-0.39, 0.29) is 11.3 Å². The number of nitrogens with zero attached hydrogens (tertiary/aromatic N) is 2. The molecule has 6 heteroatoms. The molecule has 0 saturated heterocycles. The second-order valence-electron chi connectivity index (χ2n) is 7.37. The predicted octanol–water partition coefficient (Wildman–Crippen LogP) is 4.83. The van der Waals surface area contributed by atoms with Crippen LogP contribution in [-0.4, -0.2) is 29.3 Å². The van der Waals surface area contributed by atoms with Crippen LogP contribution in [0, 0.1) is 0 Å². The SMILES string of the molecule is CCN1c2cc(Cl)c(/C=N/NC(=O)c3cccc(O)c3)cc2C(C)=CC1(C)C. The Morgan fingerprint density at radius 2 is 2.07 bits per heavy atom. The Bertz CT molecular complexity index is 980. The first-order chi connectivity index (χ1) is 13.2. The Morgan fingerprint density at radius 1 is 1.32 bits per heavy atom. The summed E-state index contributed by atoms with van der Waals surface area (Å²) >= 11 is 6.49. The van der Waals surface area contributed by atoms with Gasteiger partial charge < -0.3 is 10.0 Å². The van der Waals surface area contributed by atoms with Crippen molar-refractivity contribution in [2.75, 3.05) is 11.4 Å². The molecule has 1 amide bonds. The zero-order valence-electron chi connectivity index (χ0n) is 16.5. The summed E-state index contributed by atoms with van der Waals surface area (Å²) in [6, 6.07) is 10.0. The highest BCUT2D eigenvalue weighted by atomic mass is 35.5. The number of hydrogen-bond acceptors (Lipinski definition) is 4. The van der Waals surface area contributed by atoms with Gasteiger partial charge in [0.25, 0.3) is 5.91 Å². The third-order valence-electron chi connectivity index (χ3n) is 4.89. The van der Waals surface area contributed by atoms with Crippen LogP contribution in [0.25, 0.3) is 5.57 Å². The zero-order chi connectivity index (χ0) is 20.5. The fourth-order valence-electron chi connectivity index (χ4n) is 3.66. The fourth-order valence-corrected chi connectivity index (χ4v) is 3.87. The highest BCUT2D eigenvalue weighted by molar-refractivity contribution is 6.33. The van der Waals surface area contributed by atoms with Crippen LogP contribution in [0.5, 0.6) is 5.75 Å². The molecule has 1 heterocycles. The Kier molecular flexibility index (Phi) is 5.47. The second-order valence-corrected chi connectivity index (χ2v) is 7.77. The van der Waals surface area contributed by atoms with Crippen LogP contribution in [0.3, 0.4) is 0 Å². The van der Waals surface area contributed by atoms with Gasteiger partial charge in [-0.25, -0.2) is 5.43 Å². The van der Waals surface area contributed by atoms with Crippen LogP contribution >= 0.6 is 11.6 Å². The molecule has 2 aromatic carbocycles. The molecule has 0 bridgehead atoms. The van der Waals surface area contributed by atoms with Gasteiger partial charge >= 0.3 is 0 Å². The number of carbonyl (C=O) groups excluding carboxylic acids is 1. The molecule has 0 aromatic heterocycles. The molecule has 0 atom stereocenters. The lowest BCUT2D eigenvalue weighted by molar-refractivity contribution is 0.0954. The van der Waals surface area contributed by atoms with E-state index in [1.54, 1.807) is 12.1 Å². The number of aromatic hydroxyl groups is 1. The lowest BCUT2D eigenvalue weighted by atomic mass is 9.88. The minimum Gasteiger partial charge on any atom is -0.508 e. The molecule has 0 unspecified atom stereocenters. The molecule has 3 rings (SSSR count). The Labute approximate surface area is 170 Å². The second kappa shape index (κ2) is 7.68. The molecule has 28 heavy (non-hydrogen) atoms. The average molecular weight is 398 g/mol. The molecule has 0 radical (unpaired) electrons. The molecule has 1 aliphatic heterocycles. The van der Waals surface area contributed by atoms with Crippen molar-refractivity contribution in [2.24, 2.45) is 5.10 Å². The highest BCUT2D eigenvalue weighted by Gasteiger charge is 2.30. The first-order valence-electron chi connectivity index (χ1n) is 9.16. The van der Waals surface area contributed by atoms with Crippen LogP contribution in [0.4, 0.5) is 5.69 Å². The maximum atomic E-state index is 12.1. The first-order valence-corrected chi connectivity index (χ1v) is 9.54. The molecule has 5 nitrogen and oxygen atoms in total. The summed E-state index contributed by atoms with van der Waals surface area (Å²) in [6.45, 7) is 9.45. The monoisotopic (exact) mass is 397 g/mol. The van der Waals surface area contributed by atoms with Gasteiger partial charge in [-0.2, -0.15) is 5.10 Å². The van der Waals surface area contributed by atoms with Crippen molar-refractivity contribution in [2.45, 2.75) is 33.2 Å². The van der Waals surface area contributed by atoms with E-state index in [9.17, 15) is 9.90 Å². The summed E-state index contributed by atoms with van der Waals surface area (Å²) in [6.07, 6.45) is 3.78. The van der Waals surface area contributed by atoms with Crippen molar-refractivity contribution >= 4 is 35.0 Å². The third-order valence-corrected chi connectivity index (χ3v) is 5.22. The summed E-state index contributed by atoms with van der Waals surface area (Å²) in [4.78, 5) is 14.4. The number of anilines is 1. The first kappa shape index (κ1) is 20.0. The molecular weight excluding hydrogens is 374 g/mol. The van der Waals surface area contributed by atoms with Crippen molar-refractivity contribution in [1.82, 2.24) is 5.43 Å². The molecule has 1 aliphatic rings. The van der Waals surface area contributed by atoms with Crippen molar-refractivity contribution in [3.8, 4) is 5.75 Å². The quantitative estimate of drug-likeness (QED) is 0.573. The summed E-state index contributed by atoms with van der Waals surface area (Å²) in [5.74, 6) is -0.378. The summed E-state index contributed by atoms with van der Waals surface area (Å²) in [5, 5.41) is 14.1. The van der Waals surface area contributed by atoms with Gasteiger partial charge in [-0.15, -0.1) is 0 Å². The lowest BCUT2D eigenvalue weighted by Gasteiger charge is -2.43. The zero-order valence-corrected chi connectivity index (χ0v) is 17.2. The van der Waals surface area contributed by atoms with Crippen LogP contribution < -0.4 is 10.3 Å². The molecule has 0 spiro atoms. The Balaban J connectivity index is 1.85. The van der Waals surface area contributed by atoms with Gasteiger partial charge in [0.05, 0.1) is 16.8 Å². The number of halogens is 1. The number of allylic oxidation sites excluding steroid dienone is 1. The molecule has 0 fully saturated rings. The smallest absolute Gasteiger partial charge is 0.271 e. The van der Waals surface area contributed by atoms with Crippen molar-refractivity contribution < 1.29 is 9.90 Å². The molecule has 2 aromatic rings. The number of benzene rings is 2. The van der Waals surface area contributed by atoms with Crippen molar-refractivity contribution in [1.29, 1.82) is 0 Å². The fraction of sp³-hybridized carbons (Fsp3) is 0.273. The lowest BCUT2D eigenvalue weighted by Crippen LogP contribution is -2.44. The van der Waals surface area contributed by atoms with E-state index in [0.29, 0.717) is 10.6 Å². The van der Waals surface area contributed by atoms with Gasteiger partial charge in [0, 0.05) is 28.9 Å².